The highest BCUT2D eigenvalue weighted by atomic mass is 16.2. The highest BCUT2D eigenvalue weighted by Gasteiger charge is 2.27. The van der Waals surface area contributed by atoms with Crippen molar-refractivity contribution in [3.05, 3.63) is 29.8 Å². The second kappa shape index (κ2) is 6.01. The van der Waals surface area contributed by atoms with Gasteiger partial charge in [0.2, 0.25) is 5.91 Å². The van der Waals surface area contributed by atoms with Crippen LogP contribution in [-0.2, 0) is 11.2 Å². The first-order valence-electron chi connectivity index (χ1n) is 6.88. The Balaban J connectivity index is 2.38. The Morgan fingerprint density at radius 3 is 2.83 bits per heavy atom. The van der Waals surface area contributed by atoms with Crippen molar-refractivity contribution in [2.24, 2.45) is 5.73 Å². The van der Waals surface area contributed by atoms with Crippen LogP contribution in [0.1, 0.15) is 38.2 Å². The van der Waals surface area contributed by atoms with Crippen LogP contribution in [0.3, 0.4) is 0 Å². The van der Waals surface area contributed by atoms with Gasteiger partial charge in [0.15, 0.2) is 0 Å². The lowest BCUT2D eigenvalue weighted by Gasteiger charge is -2.31. The zero-order chi connectivity index (χ0) is 13.0. The largest absolute Gasteiger partial charge is 0.330 e. The van der Waals surface area contributed by atoms with Crippen LogP contribution in [0.2, 0.25) is 0 Å². The van der Waals surface area contributed by atoms with Gasteiger partial charge in [0.05, 0.1) is 0 Å². The number of hydrogen-bond donors (Lipinski definition) is 1. The fourth-order valence-corrected chi connectivity index (χ4v) is 2.75. The van der Waals surface area contributed by atoms with Crippen molar-refractivity contribution in [2.45, 2.75) is 45.1 Å². The molecular formula is C15H22N2O. The van der Waals surface area contributed by atoms with E-state index in [9.17, 15) is 4.79 Å². The molecule has 0 saturated carbocycles. The normalized spacial score (nSPS) is 17.2. The van der Waals surface area contributed by atoms with Gasteiger partial charge in [0.25, 0.3) is 0 Å². The number of aryl methyl sites for hydroxylation is 1. The van der Waals surface area contributed by atoms with Gasteiger partial charge in [-0.1, -0.05) is 25.1 Å². The lowest BCUT2D eigenvalue weighted by Crippen LogP contribution is -2.41. The quantitative estimate of drug-likeness (QED) is 0.887. The molecule has 0 aromatic heterocycles. The first kappa shape index (κ1) is 13.1. The van der Waals surface area contributed by atoms with Gasteiger partial charge in [-0.25, -0.2) is 0 Å². The number of hydrogen-bond acceptors (Lipinski definition) is 2. The first-order chi connectivity index (χ1) is 8.77. The SMILES string of the molecule is CCC(CCN)N1C(=O)CCCc2ccccc21. The number of para-hydroxylation sites is 1. The van der Waals surface area contributed by atoms with Crippen LogP contribution in [0.5, 0.6) is 0 Å². The van der Waals surface area contributed by atoms with Gasteiger partial charge in [-0.15, -0.1) is 0 Å². The van der Waals surface area contributed by atoms with E-state index in [1.807, 2.05) is 11.0 Å². The molecule has 1 aliphatic rings. The summed E-state index contributed by atoms with van der Waals surface area (Å²) < 4.78 is 0. The van der Waals surface area contributed by atoms with E-state index in [0.717, 1.165) is 31.4 Å². The Bertz CT molecular complexity index is 417. The minimum Gasteiger partial charge on any atom is -0.330 e. The van der Waals surface area contributed by atoms with Gasteiger partial charge in [0, 0.05) is 18.2 Å². The molecule has 0 spiro atoms. The predicted octanol–water partition coefficient (Wildman–Crippen LogP) is 2.48. The van der Waals surface area contributed by atoms with Crippen molar-refractivity contribution in [2.75, 3.05) is 11.4 Å². The topological polar surface area (TPSA) is 46.3 Å². The van der Waals surface area contributed by atoms with E-state index in [0.29, 0.717) is 13.0 Å². The van der Waals surface area contributed by atoms with Gasteiger partial charge in [-0.2, -0.15) is 0 Å². The van der Waals surface area contributed by atoms with E-state index in [-0.39, 0.29) is 11.9 Å². The zero-order valence-electron chi connectivity index (χ0n) is 11.1. The monoisotopic (exact) mass is 246 g/mol. The van der Waals surface area contributed by atoms with Gasteiger partial charge >= 0.3 is 0 Å². The molecule has 0 radical (unpaired) electrons. The summed E-state index contributed by atoms with van der Waals surface area (Å²) in [4.78, 5) is 14.3. The summed E-state index contributed by atoms with van der Waals surface area (Å²) >= 11 is 0. The molecule has 2 rings (SSSR count). The van der Waals surface area contributed by atoms with Crippen molar-refractivity contribution < 1.29 is 4.79 Å². The fourth-order valence-electron chi connectivity index (χ4n) is 2.75. The van der Waals surface area contributed by atoms with E-state index in [2.05, 4.69) is 25.1 Å². The molecule has 1 heterocycles. The number of carbonyl (C=O) groups is 1. The summed E-state index contributed by atoms with van der Waals surface area (Å²) in [5, 5.41) is 0. The van der Waals surface area contributed by atoms with Crippen molar-refractivity contribution in [3.63, 3.8) is 0 Å². The number of fused-ring (bicyclic) bond motifs is 1. The lowest BCUT2D eigenvalue weighted by molar-refractivity contribution is -0.119. The number of rotatable bonds is 4. The van der Waals surface area contributed by atoms with Crippen LogP contribution in [0.15, 0.2) is 24.3 Å². The van der Waals surface area contributed by atoms with E-state index in [4.69, 9.17) is 5.73 Å². The Morgan fingerprint density at radius 2 is 2.11 bits per heavy atom. The first-order valence-corrected chi connectivity index (χ1v) is 6.88. The molecule has 18 heavy (non-hydrogen) atoms. The number of nitrogens with two attached hydrogens (primary N) is 1. The van der Waals surface area contributed by atoms with Gasteiger partial charge in [-0.3, -0.25) is 4.79 Å². The second-order valence-electron chi connectivity index (χ2n) is 4.89. The molecule has 1 atom stereocenters. The maximum atomic E-state index is 12.3. The maximum Gasteiger partial charge on any atom is 0.227 e. The number of amides is 1. The molecule has 1 amide bonds. The Kier molecular flexibility index (Phi) is 4.37. The summed E-state index contributed by atoms with van der Waals surface area (Å²) in [5.41, 5.74) is 8.07. The molecule has 1 unspecified atom stereocenters. The molecule has 98 valence electrons. The Hall–Kier alpha value is -1.35. The number of nitrogens with zero attached hydrogens (tertiary/aromatic N) is 1. The van der Waals surface area contributed by atoms with Crippen LogP contribution in [-0.4, -0.2) is 18.5 Å². The van der Waals surface area contributed by atoms with Crippen molar-refractivity contribution in [1.82, 2.24) is 0 Å². The maximum absolute atomic E-state index is 12.3. The summed E-state index contributed by atoms with van der Waals surface area (Å²) in [7, 11) is 0. The molecule has 0 saturated heterocycles. The number of benzene rings is 1. The molecule has 0 fully saturated rings. The summed E-state index contributed by atoms with van der Waals surface area (Å²) in [6.45, 7) is 2.76. The molecule has 0 aliphatic carbocycles. The van der Waals surface area contributed by atoms with Crippen molar-refractivity contribution in [1.29, 1.82) is 0 Å². The minimum atomic E-state index is 0.238. The third kappa shape index (κ3) is 2.56. The molecule has 3 heteroatoms. The Morgan fingerprint density at radius 1 is 1.33 bits per heavy atom. The molecule has 1 aromatic rings. The van der Waals surface area contributed by atoms with Crippen molar-refractivity contribution >= 4 is 11.6 Å². The molecular weight excluding hydrogens is 224 g/mol. The van der Waals surface area contributed by atoms with E-state index < -0.39 is 0 Å². The molecule has 1 aromatic carbocycles. The molecule has 0 bridgehead atoms. The lowest BCUT2D eigenvalue weighted by atomic mass is 10.1. The minimum absolute atomic E-state index is 0.238. The number of anilines is 1. The summed E-state index contributed by atoms with van der Waals surface area (Å²) in [6.07, 6.45) is 4.42. The van der Waals surface area contributed by atoms with E-state index in [1.54, 1.807) is 0 Å². The highest BCUT2D eigenvalue weighted by molar-refractivity contribution is 5.95. The average molecular weight is 246 g/mol. The van der Waals surface area contributed by atoms with Crippen LogP contribution in [0.4, 0.5) is 5.69 Å². The summed E-state index contributed by atoms with van der Waals surface area (Å²) in [5.74, 6) is 0.250. The third-order valence-electron chi connectivity index (χ3n) is 3.69. The van der Waals surface area contributed by atoms with Crippen LogP contribution >= 0.6 is 0 Å². The standard InChI is InChI=1S/C15H22N2O/c1-2-13(10-11-16)17-14-8-4-3-6-12(14)7-5-9-15(17)18/h3-4,6,8,13H,2,5,7,9-11,16H2,1H3. The zero-order valence-corrected chi connectivity index (χ0v) is 11.1. The second-order valence-corrected chi connectivity index (χ2v) is 4.89. The summed E-state index contributed by atoms with van der Waals surface area (Å²) in [6, 6.07) is 8.51. The predicted molar refractivity (Wildman–Crippen MR) is 74.6 cm³/mol. The smallest absolute Gasteiger partial charge is 0.227 e. The van der Waals surface area contributed by atoms with Gasteiger partial charge in [0.1, 0.15) is 0 Å². The third-order valence-corrected chi connectivity index (χ3v) is 3.69. The van der Waals surface area contributed by atoms with E-state index in [1.165, 1.54) is 5.56 Å². The van der Waals surface area contributed by atoms with Crippen LogP contribution < -0.4 is 10.6 Å². The highest BCUT2D eigenvalue weighted by Crippen LogP contribution is 2.30. The Labute approximate surface area is 109 Å². The number of carbonyl (C=O) groups excluding carboxylic acids is 1. The fraction of sp³-hybridized carbons (Fsp3) is 0.533. The van der Waals surface area contributed by atoms with Crippen LogP contribution in [0.25, 0.3) is 0 Å². The molecule has 2 N–H and O–H groups in total. The molecule has 3 nitrogen and oxygen atoms in total. The van der Waals surface area contributed by atoms with Gasteiger partial charge in [-0.05, 0) is 43.9 Å². The van der Waals surface area contributed by atoms with Crippen molar-refractivity contribution in [3.8, 4) is 0 Å². The molecule has 1 aliphatic heterocycles. The van der Waals surface area contributed by atoms with Crippen LogP contribution in [0, 0.1) is 0 Å². The van der Waals surface area contributed by atoms with E-state index >= 15 is 0 Å². The average Bonchev–Trinajstić information content (AvgIpc) is 2.55. The van der Waals surface area contributed by atoms with Gasteiger partial charge < -0.3 is 10.6 Å².